The quantitative estimate of drug-likeness (QED) is 0.131. The van der Waals surface area contributed by atoms with Crippen LogP contribution in [0.1, 0.15) is 109 Å². The number of hydrogen-bond donors (Lipinski definition) is 3. The molecule has 1 saturated heterocycles. The second-order valence-electron chi connectivity index (χ2n) is 11.5. The number of benzene rings is 1. The molecule has 0 bridgehead atoms. The predicted molar refractivity (Wildman–Crippen MR) is 166 cm³/mol. The first-order valence-electron chi connectivity index (χ1n) is 14.4. The Hall–Kier alpha value is -2.37. The number of guanidine groups is 1. The van der Waals surface area contributed by atoms with Crippen molar-refractivity contribution < 1.29 is 22.7 Å². The number of nitrogens with two attached hydrogens (primary N) is 2. The smallest absolute Gasteiger partial charge is 0.309 e. The highest BCUT2D eigenvalue weighted by molar-refractivity contribution is 7.89. The summed E-state index contributed by atoms with van der Waals surface area (Å²) in [5, 5.41) is 0. The highest BCUT2D eigenvalue weighted by Gasteiger charge is 2.35. The SMILES string of the molecule is CCOC(=O)C1CCN(C(=O)[C@H](CCCN=C(N)N)NS(=O)(=O)c2c(C(C)C)cc(C(C)C)cc2C(C)C)CC1.Cl. The molecule has 0 aliphatic carbocycles. The molecule has 234 valence electrons. The molecule has 1 amide bonds. The number of nitrogens with zero attached hydrogens (tertiary/aromatic N) is 2. The van der Waals surface area contributed by atoms with E-state index in [0.29, 0.717) is 39.0 Å². The summed E-state index contributed by atoms with van der Waals surface area (Å²) in [6.07, 6.45) is 1.59. The van der Waals surface area contributed by atoms with E-state index in [1.807, 2.05) is 39.8 Å². The van der Waals surface area contributed by atoms with Gasteiger partial charge in [0.15, 0.2) is 5.96 Å². The second kappa shape index (κ2) is 16.3. The molecule has 1 aromatic carbocycles. The van der Waals surface area contributed by atoms with Crippen molar-refractivity contribution >= 4 is 40.3 Å². The fourth-order valence-corrected chi connectivity index (χ4v) is 6.92. The first kappa shape index (κ1) is 36.7. The molecular weight excluding hydrogens is 566 g/mol. The Morgan fingerprint density at radius 2 is 1.56 bits per heavy atom. The van der Waals surface area contributed by atoms with Crippen molar-refractivity contribution in [2.24, 2.45) is 22.4 Å². The van der Waals surface area contributed by atoms with Crippen molar-refractivity contribution in [2.45, 2.75) is 103 Å². The van der Waals surface area contributed by atoms with E-state index in [-0.39, 0.29) is 71.8 Å². The Labute approximate surface area is 252 Å². The van der Waals surface area contributed by atoms with Gasteiger partial charge in [0.1, 0.15) is 6.04 Å². The largest absolute Gasteiger partial charge is 0.466 e. The molecule has 1 fully saturated rings. The van der Waals surface area contributed by atoms with Crippen LogP contribution in [0.4, 0.5) is 0 Å². The summed E-state index contributed by atoms with van der Waals surface area (Å²) in [4.78, 5) is 31.8. The van der Waals surface area contributed by atoms with Crippen molar-refractivity contribution in [3.63, 3.8) is 0 Å². The number of ether oxygens (including phenoxy) is 1. The van der Waals surface area contributed by atoms with Crippen molar-refractivity contribution in [3.8, 4) is 0 Å². The number of hydrogen-bond acceptors (Lipinski definition) is 6. The number of halogens is 1. The lowest BCUT2D eigenvalue weighted by Gasteiger charge is -2.34. The zero-order valence-electron chi connectivity index (χ0n) is 25.6. The van der Waals surface area contributed by atoms with Crippen LogP contribution in [0.15, 0.2) is 22.0 Å². The highest BCUT2D eigenvalue weighted by atomic mass is 35.5. The van der Waals surface area contributed by atoms with Crippen LogP contribution in [0.3, 0.4) is 0 Å². The van der Waals surface area contributed by atoms with E-state index in [9.17, 15) is 18.0 Å². The van der Waals surface area contributed by atoms with E-state index in [0.717, 1.165) is 16.7 Å². The second-order valence-corrected chi connectivity index (χ2v) is 13.1. The minimum atomic E-state index is -4.08. The van der Waals surface area contributed by atoms with Gasteiger partial charge in [0.2, 0.25) is 15.9 Å². The Morgan fingerprint density at radius 3 is 2.00 bits per heavy atom. The van der Waals surface area contributed by atoms with E-state index in [1.165, 1.54) is 0 Å². The van der Waals surface area contributed by atoms with Gasteiger partial charge < -0.3 is 21.1 Å². The summed E-state index contributed by atoms with van der Waals surface area (Å²) in [7, 11) is -4.08. The van der Waals surface area contributed by atoms with Crippen LogP contribution in [-0.2, 0) is 24.3 Å². The number of nitrogens with one attached hydrogen (secondary N) is 1. The monoisotopic (exact) mass is 615 g/mol. The third-order valence-corrected chi connectivity index (χ3v) is 8.92. The van der Waals surface area contributed by atoms with Crippen LogP contribution in [-0.4, -0.2) is 63.4 Å². The standard InChI is InChI=1S/C29H49N5O5S.ClH/c1-8-39-28(36)21-11-14-34(15-12-21)27(35)25(10-9-13-32-29(30)31)33-40(37,38)26-23(19(4)5)16-22(18(2)3)17-24(26)20(6)7;/h16-21,25,33H,8-15H2,1-7H3,(H4,30,31,32);1H/t25-;/m0./s1. The average Bonchev–Trinajstić information content (AvgIpc) is 2.89. The Morgan fingerprint density at radius 1 is 1.02 bits per heavy atom. The first-order chi connectivity index (χ1) is 18.7. The molecule has 12 heteroatoms. The number of amides is 1. The fraction of sp³-hybridized carbons (Fsp3) is 0.690. The van der Waals surface area contributed by atoms with Crippen molar-refractivity contribution in [2.75, 3.05) is 26.2 Å². The Kier molecular flexibility index (Phi) is 14.6. The molecular formula is C29H50ClN5O5S. The molecule has 1 aromatic rings. The number of sulfonamides is 1. The third kappa shape index (κ3) is 10.1. The molecule has 41 heavy (non-hydrogen) atoms. The Balaban J connectivity index is 0.00000840. The van der Waals surface area contributed by atoms with Gasteiger partial charge in [-0.3, -0.25) is 14.6 Å². The average molecular weight is 616 g/mol. The molecule has 1 aliphatic rings. The maximum Gasteiger partial charge on any atom is 0.309 e. The Bertz CT molecular complexity index is 1130. The first-order valence-corrected chi connectivity index (χ1v) is 15.9. The number of piperidine rings is 1. The van der Waals surface area contributed by atoms with E-state index in [4.69, 9.17) is 16.2 Å². The minimum absolute atomic E-state index is 0. The summed E-state index contributed by atoms with van der Waals surface area (Å²) >= 11 is 0. The molecule has 0 radical (unpaired) electrons. The third-order valence-electron chi connectivity index (χ3n) is 7.32. The van der Waals surface area contributed by atoms with Crippen LogP contribution in [0.25, 0.3) is 0 Å². The molecule has 10 nitrogen and oxygen atoms in total. The number of rotatable bonds is 13. The van der Waals surface area contributed by atoms with Crippen LogP contribution in [0.5, 0.6) is 0 Å². The molecule has 0 aromatic heterocycles. The van der Waals surface area contributed by atoms with Gasteiger partial charge in [0.05, 0.1) is 17.4 Å². The molecule has 0 unspecified atom stereocenters. The molecule has 1 aliphatic heterocycles. The highest BCUT2D eigenvalue weighted by Crippen LogP contribution is 2.35. The van der Waals surface area contributed by atoms with Crippen molar-refractivity contribution in [1.82, 2.24) is 9.62 Å². The van der Waals surface area contributed by atoms with Crippen molar-refractivity contribution in [3.05, 3.63) is 28.8 Å². The summed E-state index contributed by atoms with van der Waals surface area (Å²) in [5.41, 5.74) is 13.5. The van der Waals surface area contributed by atoms with Crippen LogP contribution < -0.4 is 16.2 Å². The normalized spacial score (nSPS) is 15.1. The maximum atomic E-state index is 14.1. The van der Waals surface area contributed by atoms with Gasteiger partial charge in [0.25, 0.3) is 0 Å². The predicted octanol–water partition coefficient (Wildman–Crippen LogP) is 3.98. The molecule has 2 rings (SSSR count). The lowest BCUT2D eigenvalue weighted by molar-refractivity contribution is -0.151. The summed E-state index contributed by atoms with van der Waals surface area (Å²) < 4.78 is 36.1. The van der Waals surface area contributed by atoms with Gasteiger partial charge in [-0.15, -0.1) is 12.4 Å². The molecule has 1 atom stereocenters. The lowest BCUT2D eigenvalue weighted by atomic mass is 9.89. The van der Waals surface area contributed by atoms with E-state index in [1.54, 1.807) is 11.8 Å². The molecule has 0 saturated carbocycles. The lowest BCUT2D eigenvalue weighted by Crippen LogP contribution is -2.51. The van der Waals surface area contributed by atoms with Crippen LogP contribution in [0, 0.1) is 5.92 Å². The van der Waals surface area contributed by atoms with Gasteiger partial charge in [-0.25, -0.2) is 8.42 Å². The minimum Gasteiger partial charge on any atom is -0.466 e. The van der Waals surface area contributed by atoms with Crippen LogP contribution >= 0.6 is 12.4 Å². The number of likely N-dealkylation sites (tertiary alicyclic amines) is 1. The van der Waals surface area contributed by atoms with Crippen molar-refractivity contribution in [1.29, 1.82) is 0 Å². The topological polar surface area (TPSA) is 157 Å². The van der Waals surface area contributed by atoms with Crippen LogP contribution in [0.2, 0.25) is 0 Å². The fourth-order valence-electron chi connectivity index (χ4n) is 5.00. The van der Waals surface area contributed by atoms with E-state index < -0.39 is 16.1 Å². The van der Waals surface area contributed by atoms with Gasteiger partial charge in [-0.2, -0.15) is 4.72 Å². The molecule has 5 N–H and O–H groups in total. The number of aliphatic imine (C=N–C) groups is 1. The number of esters is 1. The maximum absolute atomic E-state index is 14.1. The zero-order chi connectivity index (χ0) is 30.2. The number of carbonyl (C=O) groups is 2. The summed E-state index contributed by atoms with van der Waals surface area (Å²) in [5.74, 6) is -0.730. The molecule has 0 spiro atoms. The van der Waals surface area contributed by atoms with Gasteiger partial charge >= 0.3 is 5.97 Å². The zero-order valence-corrected chi connectivity index (χ0v) is 27.2. The molecule has 1 heterocycles. The van der Waals surface area contributed by atoms with Gasteiger partial charge in [-0.1, -0.05) is 53.7 Å². The van der Waals surface area contributed by atoms with Gasteiger partial charge in [0, 0.05) is 19.6 Å². The van der Waals surface area contributed by atoms with Gasteiger partial charge in [-0.05, 0) is 67.1 Å². The summed E-state index contributed by atoms with van der Waals surface area (Å²) in [6.45, 7) is 15.2. The van der Waals surface area contributed by atoms with E-state index >= 15 is 0 Å². The van der Waals surface area contributed by atoms with E-state index in [2.05, 4.69) is 23.6 Å². The number of carbonyl (C=O) groups excluding carboxylic acids is 2. The summed E-state index contributed by atoms with van der Waals surface area (Å²) in [6, 6.07) is 2.96.